The van der Waals surface area contributed by atoms with Gasteiger partial charge in [0.05, 0.1) is 33.1 Å². The molecule has 1 fully saturated rings. The fourth-order valence-corrected chi connectivity index (χ4v) is 4.92. The van der Waals surface area contributed by atoms with Gasteiger partial charge in [-0.2, -0.15) is 0 Å². The summed E-state index contributed by atoms with van der Waals surface area (Å²) in [5, 5.41) is 10.7. The van der Waals surface area contributed by atoms with Crippen LogP contribution in [0.15, 0.2) is 86.4 Å². The Labute approximate surface area is 232 Å². The Kier molecular flexibility index (Phi) is 8.21. The molecule has 1 saturated heterocycles. The van der Waals surface area contributed by atoms with E-state index in [1.165, 1.54) is 13.2 Å². The standard InChI is InChI=1S/C31H32N2O7/c1-37-23-10-8-22(9-11-23)33-16-14-32(15-17-33)20-24-18-26(34)30(36)31(39-24)25(19-29(35)38-2)28-13-12-27(40-28)21-6-4-3-5-7-21/h3-13,18,25,36H,14-17,19-20H2,1-2H3. The van der Waals surface area contributed by atoms with Gasteiger partial charge in [-0.1, -0.05) is 30.3 Å². The summed E-state index contributed by atoms with van der Waals surface area (Å²) in [6.07, 6.45) is -0.168. The van der Waals surface area contributed by atoms with Gasteiger partial charge in [0.15, 0.2) is 5.76 Å². The summed E-state index contributed by atoms with van der Waals surface area (Å²) in [6, 6.07) is 22.3. The van der Waals surface area contributed by atoms with Gasteiger partial charge in [0, 0.05) is 43.5 Å². The van der Waals surface area contributed by atoms with Crippen molar-refractivity contribution in [2.45, 2.75) is 18.9 Å². The van der Waals surface area contributed by atoms with Crippen LogP contribution >= 0.6 is 0 Å². The molecule has 0 radical (unpaired) electrons. The van der Waals surface area contributed by atoms with E-state index in [1.807, 2.05) is 54.6 Å². The number of hydrogen-bond donors (Lipinski definition) is 1. The summed E-state index contributed by atoms with van der Waals surface area (Å²) in [6.45, 7) is 3.52. The Morgan fingerprint density at radius 1 is 0.950 bits per heavy atom. The lowest BCUT2D eigenvalue weighted by Gasteiger charge is -2.35. The summed E-state index contributed by atoms with van der Waals surface area (Å²) < 4.78 is 22.3. The molecule has 9 nitrogen and oxygen atoms in total. The first-order chi connectivity index (χ1) is 19.4. The number of rotatable bonds is 9. The molecular formula is C31H32N2O7. The number of ether oxygens (including phenoxy) is 2. The van der Waals surface area contributed by atoms with Crippen LogP contribution in [0.1, 0.15) is 29.6 Å². The van der Waals surface area contributed by atoms with Crippen LogP contribution in [-0.4, -0.2) is 56.4 Å². The van der Waals surface area contributed by atoms with E-state index in [0.29, 0.717) is 23.8 Å². The third-order valence-electron chi connectivity index (χ3n) is 7.13. The van der Waals surface area contributed by atoms with E-state index >= 15 is 0 Å². The lowest BCUT2D eigenvalue weighted by Crippen LogP contribution is -2.46. The lowest BCUT2D eigenvalue weighted by atomic mass is 9.98. The largest absolute Gasteiger partial charge is 0.502 e. The van der Waals surface area contributed by atoms with Crippen LogP contribution < -0.4 is 15.1 Å². The summed E-state index contributed by atoms with van der Waals surface area (Å²) in [5.74, 6) is 0.274. The fraction of sp³-hybridized carbons (Fsp3) is 0.290. The van der Waals surface area contributed by atoms with Gasteiger partial charge >= 0.3 is 5.97 Å². The first-order valence-corrected chi connectivity index (χ1v) is 13.1. The Balaban J connectivity index is 1.36. The number of carbonyl (C=O) groups excluding carboxylic acids is 1. The highest BCUT2D eigenvalue weighted by Gasteiger charge is 2.30. The monoisotopic (exact) mass is 544 g/mol. The molecule has 0 aliphatic carbocycles. The summed E-state index contributed by atoms with van der Waals surface area (Å²) >= 11 is 0. The van der Waals surface area contributed by atoms with Crippen LogP contribution in [0.5, 0.6) is 11.5 Å². The third-order valence-corrected chi connectivity index (χ3v) is 7.13. The summed E-state index contributed by atoms with van der Waals surface area (Å²) in [5.41, 5.74) is 1.41. The third kappa shape index (κ3) is 6.05. The first-order valence-electron chi connectivity index (χ1n) is 13.1. The van der Waals surface area contributed by atoms with E-state index in [-0.39, 0.29) is 12.2 Å². The molecule has 3 heterocycles. The van der Waals surface area contributed by atoms with Crippen molar-refractivity contribution in [3.8, 4) is 22.8 Å². The van der Waals surface area contributed by atoms with Gasteiger partial charge in [-0.3, -0.25) is 14.5 Å². The predicted molar refractivity (Wildman–Crippen MR) is 150 cm³/mol. The maximum Gasteiger partial charge on any atom is 0.306 e. The second-order valence-electron chi connectivity index (χ2n) is 9.65. The molecule has 0 amide bonds. The van der Waals surface area contributed by atoms with E-state index in [0.717, 1.165) is 43.2 Å². The van der Waals surface area contributed by atoms with Crippen molar-refractivity contribution in [2.24, 2.45) is 0 Å². The summed E-state index contributed by atoms with van der Waals surface area (Å²) in [4.78, 5) is 29.6. The normalized spacial score (nSPS) is 14.6. The minimum absolute atomic E-state index is 0.0151. The number of hydrogen-bond acceptors (Lipinski definition) is 9. The van der Waals surface area contributed by atoms with E-state index in [9.17, 15) is 14.7 Å². The number of furan rings is 1. The van der Waals surface area contributed by atoms with Crippen molar-refractivity contribution in [2.75, 3.05) is 45.3 Å². The number of benzene rings is 2. The van der Waals surface area contributed by atoms with Crippen molar-refractivity contribution in [1.82, 2.24) is 4.90 Å². The Hall–Kier alpha value is -4.50. The van der Waals surface area contributed by atoms with Gasteiger partial charge in [-0.25, -0.2) is 0 Å². The number of piperazine rings is 1. The maximum atomic E-state index is 12.8. The molecule has 0 saturated carbocycles. The van der Waals surface area contributed by atoms with Crippen molar-refractivity contribution in [3.05, 3.63) is 100 Å². The zero-order valence-electron chi connectivity index (χ0n) is 22.5. The smallest absolute Gasteiger partial charge is 0.306 e. The van der Waals surface area contributed by atoms with Gasteiger partial charge in [0.2, 0.25) is 11.2 Å². The Morgan fingerprint density at radius 3 is 2.35 bits per heavy atom. The van der Waals surface area contributed by atoms with Gasteiger partial charge in [-0.05, 0) is 36.4 Å². The van der Waals surface area contributed by atoms with Gasteiger partial charge in [0.25, 0.3) is 0 Å². The number of carbonyl (C=O) groups is 1. The number of esters is 1. The Morgan fingerprint density at radius 2 is 1.68 bits per heavy atom. The van der Waals surface area contributed by atoms with E-state index < -0.39 is 23.1 Å². The maximum absolute atomic E-state index is 12.8. The van der Waals surface area contributed by atoms with Gasteiger partial charge in [-0.15, -0.1) is 0 Å². The van der Waals surface area contributed by atoms with Crippen molar-refractivity contribution >= 4 is 11.7 Å². The molecule has 1 aliphatic heterocycles. The van der Waals surface area contributed by atoms with E-state index in [2.05, 4.69) is 9.80 Å². The van der Waals surface area contributed by atoms with Crippen LogP contribution in [-0.2, 0) is 16.1 Å². The molecule has 0 bridgehead atoms. The molecule has 1 N–H and O–H groups in total. The van der Waals surface area contributed by atoms with Crippen LogP contribution in [0.3, 0.4) is 0 Å². The van der Waals surface area contributed by atoms with E-state index in [4.69, 9.17) is 18.3 Å². The second kappa shape index (κ2) is 12.1. The minimum Gasteiger partial charge on any atom is -0.502 e. The molecule has 1 aliphatic rings. The van der Waals surface area contributed by atoms with E-state index in [1.54, 1.807) is 19.2 Å². The average Bonchev–Trinajstić information content (AvgIpc) is 3.49. The van der Waals surface area contributed by atoms with Crippen molar-refractivity contribution in [1.29, 1.82) is 0 Å². The molecule has 2 aromatic carbocycles. The highest BCUT2D eigenvalue weighted by molar-refractivity contribution is 5.71. The SMILES string of the molecule is COC(=O)CC(c1ccc(-c2ccccc2)o1)c1oc(CN2CCN(c3ccc(OC)cc3)CC2)cc(=O)c1O. The molecule has 208 valence electrons. The lowest BCUT2D eigenvalue weighted by molar-refractivity contribution is -0.141. The molecule has 5 rings (SSSR count). The second-order valence-corrected chi connectivity index (χ2v) is 9.65. The number of anilines is 1. The number of nitrogens with zero attached hydrogens (tertiary/aromatic N) is 2. The Bertz CT molecular complexity index is 1490. The molecular weight excluding hydrogens is 512 g/mol. The molecule has 1 atom stereocenters. The number of aromatic hydroxyl groups is 1. The molecule has 2 aromatic heterocycles. The summed E-state index contributed by atoms with van der Waals surface area (Å²) in [7, 11) is 2.93. The quantitative estimate of drug-likeness (QED) is 0.302. The topological polar surface area (TPSA) is 106 Å². The average molecular weight is 545 g/mol. The number of methoxy groups -OCH3 is 2. The van der Waals surface area contributed by atoms with Crippen molar-refractivity contribution < 1.29 is 28.2 Å². The van der Waals surface area contributed by atoms with Gasteiger partial charge < -0.3 is 28.3 Å². The fourth-order valence-electron chi connectivity index (χ4n) is 4.92. The first kappa shape index (κ1) is 27.1. The van der Waals surface area contributed by atoms with Gasteiger partial charge in [0.1, 0.15) is 23.0 Å². The van der Waals surface area contributed by atoms with Crippen LogP contribution in [0, 0.1) is 0 Å². The molecule has 9 heteroatoms. The molecule has 0 spiro atoms. The molecule has 4 aromatic rings. The van der Waals surface area contributed by atoms with Crippen LogP contribution in [0.2, 0.25) is 0 Å². The molecule has 40 heavy (non-hydrogen) atoms. The van der Waals surface area contributed by atoms with Crippen LogP contribution in [0.25, 0.3) is 11.3 Å². The minimum atomic E-state index is -0.843. The zero-order valence-corrected chi connectivity index (χ0v) is 22.5. The predicted octanol–water partition coefficient (Wildman–Crippen LogP) is 4.63. The molecule has 1 unspecified atom stereocenters. The van der Waals surface area contributed by atoms with Crippen LogP contribution in [0.4, 0.5) is 5.69 Å². The zero-order chi connectivity index (χ0) is 28.1. The van der Waals surface area contributed by atoms with Crippen molar-refractivity contribution in [3.63, 3.8) is 0 Å². The highest BCUT2D eigenvalue weighted by Crippen LogP contribution is 2.36. The highest BCUT2D eigenvalue weighted by atomic mass is 16.5.